The summed E-state index contributed by atoms with van der Waals surface area (Å²) in [4.78, 5) is 26.3. The summed E-state index contributed by atoms with van der Waals surface area (Å²) in [5, 5.41) is 2.08. The van der Waals surface area contributed by atoms with Crippen molar-refractivity contribution in [3.8, 4) is 0 Å². The zero-order valence-electron chi connectivity index (χ0n) is 11.9. The summed E-state index contributed by atoms with van der Waals surface area (Å²) >= 11 is 0. The molecule has 0 saturated carbocycles. The molecule has 0 spiro atoms. The van der Waals surface area contributed by atoms with Crippen molar-refractivity contribution in [1.82, 2.24) is 10.2 Å². The summed E-state index contributed by atoms with van der Waals surface area (Å²) in [6.07, 6.45) is 0. The second-order valence-corrected chi connectivity index (χ2v) is 5.00. The van der Waals surface area contributed by atoms with Gasteiger partial charge in [-0.2, -0.15) is 0 Å². The highest BCUT2D eigenvalue weighted by Gasteiger charge is 2.26. The molecule has 0 bridgehead atoms. The molecule has 1 aliphatic heterocycles. The van der Waals surface area contributed by atoms with Gasteiger partial charge in [0, 0.05) is 26.2 Å². The van der Waals surface area contributed by atoms with Gasteiger partial charge in [0.05, 0.1) is 11.7 Å². The minimum Gasteiger partial charge on any atom is -0.367 e. The molecule has 0 aliphatic carbocycles. The van der Waals surface area contributed by atoms with Crippen LogP contribution in [0.2, 0.25) is 0 Å². The van der Waals surface area contributed by atoms with Crippen LogP contribution in [0.1, 0.15) is 6.92 Å². The Labute approximate surface area is 122 Å². The minimum absolute atomic E-state index is 0.245. The van der Waals surface area contributed by atoms with Gasteiger partial charge >= 0.3 is 6.03 Å². The van der Waals surface area contributed by atoms with Gasteiger partial charge in [-0.25, -0.2) is 9.18 Å². The van der Waals surface area contributed by atoms with Gasteiger partial charge in [-0.05, 0) is 19.1 Å². The van der Waals surface area contributed by atoms with Crippen molar-refractivity contribution in [3.05, 3.63) is 30.1 Å². The molecule has 3 amide bonds. The van der Waals surface area contributed by atoms with Crippen LogP contribution in [-0.4, -0.2) is 49.1 Å². The van der Waals surface area contributed by atoms with Crippen molar-refractivity contribution >= 4 is 17.6 Å². The number of carbonyl (C=O) groups is 2. The lowest BCUT2D eigenvalue weighted by atomic mass is 10.2. The smallest absolute Gasteiger partial charge is 0.318 e. The Hall–Kier alpha value is -2.15. The van der Waals surface area contributed by atoms with Crippen LogP contribution in [0, 0.1) is 5.82 Å². The van der Waals surface area contributed by atoms with Gasteiger partial charge < -0.3 is 10.6 Å². The number of hydrogen-bond acceptors (Lipinski definition) is 4. The van der Waals surface area contributed by atoms with E-state index in [-0.39, 0.29) is 5.82 Å². The van der Waals surface area contributed by atoms with Crippen LogP contribution in [0.4, 0.5) is 14.9 Å². The van der Waals surface area contributed by atoms with E-state index in [1.165, 1.54) is 6.07 Å². The van der Waals surface area contributed by atoms with Gasteiger partial charge in [0.1, 0.15) is 5.82 Å². The summed E-state index contributed by atoms with van der Waals surface area (Å²) in [7, 11) is 0. The van der Waals surface area contributed by atoms with E-state index in [9.17, 15) is 14.0 Å². The maximum atomic E-state index is 13.7. The molecule has 1 heterocycles. The maximum absolute atomic E-state index is 13.7. The predicted molar refractivity (Wildman–Crippen MR) is 77.4 cm³/mol. The fourth-order valence-corrected chi connectivity index (χ4v) is 2.45. The summed E-state index contributed by atoms with van der Waals surface area (Å²) in [6, 6.07) is 5.34. The Morgan fingerprint density at radius 3 is 2.43 bits per heavy atom. The molecule has 1 aromatic carbocycles. The normalized spacial score (nSPS) is 17.3. The number of carbonyl (C=O) groups excluding carboxylic acids is 2. The number of halogens is 1. The molecule has 7 heteroatoms. The Balaban J connectivity index is 1.93. The van der Waals surface area contributed by atoms with Crippen LogP contribution < -0.4 is 16.0 Å². The van der Waals surface area contributed by atoms with Gasteiger partial charge in [-0.15, -0.1) is 0 Å². The summed E-state index contributed by atoms with van der Waals surface area (Å²) in [5.74, 6) is -0.660. The third-order valence-corrected chi connectivity index (χ3v) is 3.68. The van der Waals surface area contributed by atoms with E-state index in [4.69, 9.17) is 5.73 Å². The number of primary amides is 1. The summed E-state index contributed by atoms with van der Waals surface area (Å²) in [6.45, 7) is 4.19. The Morgan fingerprint density at radius 2 is 1.86 bits per heavy atom. The SMILES string of the molecule is C[C@H](C(=O)NC(N)=O)N1CCN(c2ccccc2F)CC1. The van der Waals surface area contributed by atoms with Crippen LogP contribution in [0.15, 0.2) is 24.3 Å². The number of para-hydroxylation sites is 1. The third kappa shape index (κ3) is 3.69. The third-order valence-electron chi connectivity index (χ3n) is 3.68. The first-order valence-electron chi connectivity index (χ1n) is 6.83. The number of nitrogens with zero attached hydrogens (tertiary/aromatic N) is 2. The van der Waals surface area contributed by atoms with Gasteiger partial charge in [0.2, 0.25) is 5.91 Å². The molecule has 3 N–H and O–H groups in total. The molecule has 21 heavy (non-hydrogen) atoms. The standard InChI is InChI=1S/C14H19FN4O2/c1-10(13(20)17-14(16)21)18-6-8-19(9-7-18)12-5-3-2-4-11(12)15/h2-5,10H,6-9H2,1H3,(H3,16,17,20,21)/t10-/m1/s1. The second-order valence-electron chi connectivity index (χ2n) is 5.00. The molecule has 0 aromatic heterocycles. The van der Waals surface area contributed by atoms with Gasteiger partial charge in [0.25, 0.3) is 0 Å². The van der Waals surface area contributed by atoms with Crippen molar-refractivity contribution in [1.29, 1.82) is 0 Å². The molecule has 2 rings (SSSR count). The maximum Gasteiger partial charge on any atom is 0.318 e. The number of benzene rings is 1. The second kappa shape index (κ2) is 6.53. The molecule has 1 saturated heterocycles. The highest BCUT2D eigenvalue weighted by Crippen LogP contribution is 2.20. The van der Waals surface area contributed by atoms with E-state index in [0.29, 0.717) is 31.9 Å². The van der Waals surface area contributed by atoms with Crippen molar-refractivity contribution < 1.29 is 14.0 Å². The first kappa shape index (κ1) is 15.2. The number of rotatable bonds is 3. The summed E-state index contributed by atoms with van der Waals surface area (Å²) in [5.41, 5.74) is 5.51. The number of imide groups is 1. The molecule has 6 nitrogen and oxygen atoms in total. The number of amides is 3. The van der Waals surface area contributed by atoms with E-state index in [0.717, 1.165) is 0 Å². The molecule has 0 radical (unpaired) electrons. The largest absolute Gasteiger partial charge is 0.367 e. The van der Waals surface area contributed by atoms with Crippen LogP contribution in [-0.2, 0) is 4.79 Å². The van der Waals surface area contributed by atoms with E-state index < -0.39 is 18.0 Å². The average molecular weight is 294 g/mol. The molecule has 114 valence electrons. The Morgan fingerprint density at radius 1 is 1.24 bits per heavy atom. The molecular formula is C14H19FN4O2. The van der Waals surface area contributed by atoms with Crippen LogP contribution in [0.25, 0.3) is 0 Å². The first-order chi connectivity index (χ1) is 9.99. The van der Waals surface area contributed by atoms with E-state index >= 15 is 0 Å². The zero-order chi connectivity index (χ0) is 15.4. The van der Waals surface area contributed by atoms with Gasteiger partial charge in [-0.3, -0.25) is 15.0 Å². The number of nitrogens with two attached hydrogens (primary N) is 1. The summed E-state index contributed by atoms with van der Waals surface area (Å²) < 4.78 is 13.7. The van der Waals surface area contributed by atoms with Crippen molar-refractivity contribution in [2.24, 2.45) is 5.73 Å². The Kier molecular flexibility index (Phi) is 4.74. The lowest BCUT2D eigenvalue weighted by Gasteiger charge is -2.38. The highest BCUT2D eigenvalue weighted by atomic mass is 19.1. The van der Waals surface area contributed by atoms with Gasteiger partial charge in [-0.1, -0.05) is 12.1 Å². The van der Waals surface area contributed by atoms with Crippen LogP contribution >= 0.6 is 0 Å². The van der Waals surface area contributed by atoms with Gasteiger partial charge in [0.15, 0.2) is 0 Å². The van der Waals surface area contributed by atoms with E-state index in [2.05, 4.69) is 5.32 Å². The lowest BCUT2D eigenvalue weighted by molar-refractivity contribution is -0.124. The number of hydrogen-bond donors (Lipinski definition) is 2. The van der Waals surface area contributed by atoms with Crippen molar-refractivity contribution in [2.75, 3.05) is 31.1 Å². The number of anilines is 1. The molecule has 1 fully saturated rings. The highest BCUT2D eigenvalue weighted by molar-refractivity contribution is 5.96. The zero-order valence-corrected chi connectivity index (χ0v) is 11.9. The van der Waals surface area contributed by atoms with E-state index in [1.807, 2.05) is 9.80 Å². The molecular weight excluding hydrogens is 275 g/mol. The number of urea groups is 1. The molecule has 0 unspecified atom stereocenters. The monoisotopic (exact) mass is 294 g/mol. The van der Waals surface area contributed by atoms with Crippen molar-refractivity contribution in [3.63, 3.8) is 0 Å². The van der Waals surface area contributed by atoms with Crippen LogP contribution in [0.5, 0.6) is 0 Å². The number of nitrogens with one attached hydrogen (secondary N) is 1. The quantitative estimate of drug-likeness (QED) is 0.852. The fraction of sp³-hybridized carbons (Fsp3) is 0.429. The van der Waals surface area contributed by atoms with Crippen molar-refractivity contribution in [2.45, 2.75) is 13.0 Å². The number of piperazine rings is 1. The first-order valence-corrected chi connectivity index (χ1v) is 6.83. The minimum atomic E-state index is -0.850. The lowest BCUT2D eigenvalue weighted by Crippen LogP contribution is -2.55. The Bertz CT molecular complexity index is 529. The molecule has 1 atom stereocenters. The topological polar surface area (TPSA) is 78.7 Å². The predicted octanol–water partition coefficient (Wildman–Crippen LogP) is 0.531. The average Bonchev–Trinajstić information content (AvgIpc) is 2.46. The molecule has 1 aliphatic rings. The van der Waals surface area contributed by atoms with Crippen LogP contribution in [0.3, 0.4) is 0 Å². The fourth-order valence-electron chi connectivity index (χ4n) is 2.45. The van der Waals surface area contributed by atoms with E-state index in [1.54, 1.807) is 25.1 Å². The molecule has 1 aromatic rings.